The summed E-state index contributed by atoms with van der Waals surface area (Å²) in [5.74, 6) is 1.31. The molecule has 0 spiro atoms. The Morgan fingerprint density at radius 1 is 1.73 bits per heavy atom. The van der Waals surface area contributed by atoms with Gasteiger partial charge in [-0.05, 0) is 12.3 Å². The van der Waals surface area contributed by atoms with Crippen LogP contribution in [0.3, 0.4) is 0 Å². The van der Waals surface area contributed by atoms with Crippen LogP contribution in [0.15, 0.2) is 11.5 Å². The number of carbonyl (C=O) groups excluding carboxylic acids is 1. The summed E-state index contributed by atoms with van der Waals surface area (Å²) in [7, 11) is 0. The van der Waals surface area contributed by atoms with Crippen molar-refractivity contribution in [3.8, 4) is 0 Å². The lowest BCUT2D eigenvalue weighted by Crippen LogP contribution is -2.28. The quantitative estimate of drug-likeness (QED) is 0.663. The van der Waals surface area contributed by atoms with Crippen LogP contribution in [0.2, 0.25) is 0 Å². The maximum absolute atomic E-state index is 11.4. The Morgan fingerprint density at radius 2 is 2.45 bits per heavy atom. The van der Waals surface area contributed by atoms with Crippen molar-refractivity contribution >= 4 is 29.3 Å². The molecule has 0 aromatic carbocycles. The third-order valence-electron chi connectivity index (χ3n) is 1.67. The Balaban J connectivity index is 2.66. The highest BCUT2D eigenvalue weighted by atomic mass is 32.2. The zero-order chi connectivity index (χ0) is 8.32. The van der Waals surface area contributed by atoms with Gasteiger partial charge < -0.3 is 0 Å². The molecule has 0 amide bonds. The molecule has 0 saturated carbocycles. The first kappa shape index (κ1) is 9.20. The summed E-state index contributed by atoms with van der Waals surface area (Å²) in [5.41, 5.74) is 0. The van der Waals surface area contributed by atoms with Gasteiger partial charge in [0.15, 0.2) is 5.78 Å². The first-order valence-electron chi connectivity index (χ1n) is 3.69. The molecular formula is C8H12OS2. The Labute approximate surface area is 76.0 Å². The molecular weight excluding hydrogens is 176 g/mol. The van der Waals surface area contributed by atoms with E-state index in [-0.39, 0.29) is 4.08 Å². The molecule has 0 fully saturated rings. The summed E-state index contributed by atoms with van der Waals surface area (Å²) in [4.78, 5) is 11.4. The summed E-state index contributed by atoms with van der Waals surface area (Å²) >= 11 is 3.36. The highest BCUT2D eigenvalue weighted by Gasteiger charge is 2.32. The summed E-state index contributed by atoms with van der Waals surface area (Å²) in [6.45, 7) is 3.94. The van der Waals surface area contributed by atoms with Crippen LogP contribution in [-0.4, -0.2) is 15.6 Å². The summed E-state index contributed by atoms with van der Waals surface area (Å²) in [5, 5.41) is 2.03. The van der Waals surface area contributed by atoms with Gasteiger partial charge in [-0.3, -0.25) is 4.79 Å². The molecule has 0 aromatic heterocycles. The minimum absolute atomic E-state index is 0.205. The first-order chi connectivity index (χ1) is 5.19. The molecule has 1 rings (SSSR count). The second-order valence-corrected chi connectivity index (χ2v) is 5.54. The molecule has 0 bridgehead atoms. The lowest BCUT2D eigenvalue weighted by molar-refractivity contribution is -0.118. The normalized spacial score (nSPS) is 30.4. The van der Waals surface area contributed by atoms with Gasteiger partial charge in [0.25, 0.3) is 0 Å². The third-order valence-corrected chi connectivity index (χ3v) is 4.46. The molecule has 0 saturated heterocycles. The molecule has 11 heavy (non-hydrogen) atoms. The number of ketones is 1. The van der Waals surface area contributed by atoms with Crippen LogP contribution >= 0.6 is 23.5 Å². The zero-order valence-corrected chi connectivity index (χ0v) is 8.43. The lowest BCUT2D eigenvalue weighted by atomic mass is 10.2. The summed E-state index contributed by atoms with van der Waals surface area (Å²) < 4.78 is -0.205. The molecule has 0 radical (unpaired) electrons. The van der Waals surface area contributed by atoms with Crippen molar-refractivity contribution in [2.24, 2.45) is 0 Å². The molecule has 0 N–H and O–H groups in total. The summed E-state index contributed by atoms with van der Waals surface area (Å²) in [6, 6.07) is 0. The number of rotatable bonds is 2. The highest BCUT2D eigenvalue weighted by Crippen LogP contribution is 2.42. The second-order valence-electron chi connectivity index (χ2n) is 2.52. The Bertz CT molecular complexity index is 189. The third kappa shape index (κ3) is 2.03. The average Bonchev–Trinajstić information content (AvgIpc) is 2.04. The molecule has 1 nitrogen and oxygen atoms in total. The van der Waals surface area contributed by atoms with Crippen molar-refractivity contribution < 1.29 is 4.79 Å². The van der Waals surface area contributed by atoms with E-state index in [1.165, 1.54) is 0 Å². The van der Waals surface area contributed by atoms with Crippen molar-refractivity contribution in [2.45, 2.75) is 24.3 Å². The van der Waals surface area contributed by atoms with Crippen molar-refractivity contribution in [3.63, 3.8) is 0 Å². The van der Waals surface area contributed by atoms with Gasteiger partial charge in [0.05, 0.1) is 0 Å². The van der Waals surface area contributed by atoms with E-state index in [9.17, 15) is 4.79 Å². The predicted molar refractivity (Wildman–Crippen MR) is 52.9 cm³/mol. The molecule has 62 valence electrons. The number of carbonyl (C=O) groups is 1. The molecule has 0 aromatic rings. The number of hydrogen-bond acceptors (Lipinski definition) is 3. The van der Waals surface area contributed by atoms with Gasteiger partial charge in [-0.15, -0.1) is 23.5 Å². The Kier molecular flexibility index (Phi) is 3.07. The molecule has 1 heterocycles. The topological polar surface area (TPSA) is 17.1 Å². The van der Waals surface area contributed by atoms with E-state index in [4.69, 9.17) is 0 Å². The van der Waals surface area contributed by atoms with Crippen molar-refractivity contribution in [2.75, 3.05) is 5.75 Å². The predicted octanol–water partition coefficient (Wildman–Crippen LogP) is 2.68. The fraction of sp³-hybridized carbons (Fsp3) is 0.625. The SMILES string of the molecule is CCC(=O)C1(C)SC=CCS1. The van der Waals surface area contributed by atoms with Crippen LogP contribution in [0, 0.1) is 0 Å². The lowest BCUT2D eigenvalue weighted by Gasteiger charge is -2.26. The minimum atomic E-state index is -0.205. The molecule has 1 atom stereocenters. The first-order valence-corrected chi connectivity index (χ1v) is 5.55. The van der Waals surface area contributed by atoms with Gasteiger partial charge in [-0.1, -0.05) is 13.0 Å². The van der Waals surface area contributed by atoms with Crippen LogP contribution < -0.4 is 0 Å². The van der Waals surface area contributed by atoms with Gasteiger partial charge in [0.1, 0.15) is 4.08 Å². The fourth-order valence-corrected chi connectivity index (χ4v) is 3.23. The van der Waals surface area contributed by atoms with Gasteiger partial charge in [0, 0.05) is 12.2 Å². The zero-order valence-electron chi connectivity index (χ0n) is 6.79. The van der Waals surface area contributed by atoms with Gasteiger partial charge in [0.2, 0.25) is 0 Å². The Hall–Kier alpha value is 0.110. The largest absolute Gasteiger partial charge is 0.297 e. The molecule has 1 unspecified atom stereocenters. The van der Waals surface area contributed by atoms with Crippen LogP contribution in [0.1, 0.15) is 20.3 Å². The van der Waals surface area contributed by atoms with Crippen molar-refractivity contribution in [1.82, 2.24) is 0 Å². The standard InChI is InChI=1S/C8H12OS2/c1-3-7(9)8(2)10-5-4-6-11-8/h4-5H,3,6H2,1-2H3. The van der Waals surface area contributed by atoms with E-state index in [0.29, 0.717) is 12.2 Å². The molecule has 0 aliphatic carbocycles. The monoisotopic (exact) mass is 188 g/mol. The maximum Gasteiger partial charge on any atom is 0.158 e. The van der Waals surface area contributed by atoms with E-state index < -0.39 is 0 Å². The molecule has 1 aliphatic rings. The van der Waals surface area contributed by atoms with Gasteiger partial charge >= 0.3 is 0 Å². The van der Waals surface area contributed by atoms with Crippen LogP contribution in [0.4, 0.5) is 0 Å². The van der Waals surface area contributed by atoms with Crippen LogP contribution in [0.5, 0.6) is 0 Å². The minimum Gasteiger partial charge on any atom is -0.297 e. The van der Waals surface area contributed by atoms with Crippen molar-refractivity contribution in [3.05, 3.63) is 11.5 Å². The number of thioether (sulfide) groups is 2. The molecule has 3 heteroatoms. The summed E-state index contributed by atoms with van der Waals surface area (Å²) in [6.07, 6.45) is 2.74. The van der Waals surface area contributed by atoms with E-state index in [2.05, 4.69) is 6.08 Å². The van der Waals surface area contributed by atoms with Gasteiger partial charge in [-0.25, -0.2) is 0 Å². The van der Waals surface area contributed by atoms with Crippen molar-refractivity contribution in [1.29, 1.82) is 0 Å². The number of hydrogen-bond donors (Lipinski definition) is 0. The average molecular weight is 188 g/mol. The van der Waals surface area contributed by atoms with E-state index in [0.717, 1.165) is 5.75 Å². The molecule has 1 aliphatic heterocycles. The number of Topliss-reactive ketones (excluding diaryl/α,β-unsaturated/α-hetero) is 1. The van der Waals surface area contributed by atoms with Crippen LogP contribution in [0.25, 0.3) is 0 Å². The smallest absolute Gasteiger partial charge is 0.158 e. The Morgan fingerprint density at radius 3 is 2.91 bits per heavy atom. The van der Waals surface area contributed by atoms with Crippen LogP contribution in [-0.2, 0) is 4.79 Å². The van der Waals surface area contributed by atoms with Gasteiger partial charge in [-0.2, -0.15) is 0 Å². The highest BCUT2D eigenvalue weighted by molar-refractivity contribution is 8.21. The second kappa shape index (κ2) is 3.68. The van der Waals surface area contributed by atoms with E-state index >= 15 is 0 Å². The fourth-order valence-electron chi connectivity index (χ4n) is 0.926. The van der Waals surface area contributed by atoms with E-state index in [1.54, 1.807) is 23.5 Å². The van der Waals surface area contributed by atoms with E-state index in [1.807, 2.05) is 19.3 Å². The maximum atomic E-state index is 11.4.